The molecule has 126 valence electrons. The molecule has 7 heteroatoms. The Morgan fingerprint density at radius 1 is 1.33 bits per heavy atom. The van der Waals surface area contributed by atoms with Crippen LogP contribution in [-0.2, 0) is 11.3 Å². The smallest absolute Gasteiger partial charge is 0.223 e. The average Bonchev–Trinajstić information content (AvgIpc) is 2.62. The highest BCUT2D eigenvalue weighted by Gasteiger charge is 2.25. The molecular formula is C17H18ClFN4O. The summed E-state index contributed by atoms with van der Waals surface area (Å²) in [6, 6.07) is 4.18. The highest BCUT2D eigenvalue weighted by atomic mass is 35.5. The molecule has 0 atom stereocenters. The van der Waals surface area contributed by atoms with Crippen molar-refractivity contribution in [3.8, 4) is 0 Å². The highest BCUT2D eigenvalue weighted by Crippen LogP contribution is 2.22. The summed E-state index contributed by atoms with van der Waals surface area (Å²) >= 11 is 5.97. The van der Waals surface area contributed by atoms with E-state index in [0.717, 1.165) is 31.7 Å². The molecule has 1 aliphatic heterocycles. The van der Waals surface area contributed by atoms with Gasteiger partial charge in [-0.3, -0.25) is 9.78 Å². The first-order valence-corrected chi connectivity index (χ1v) is 8.24. The number of aromatic nitrogens is 2. The molecule has 2 aromatic rings. The van der Waals surface area contributed by atoms with Gasteiger partial charge in [-0.25, -0.2) is 9.37 Å². The van der Waals surface area contributed by atoms with Crippen LogP contribution in [-0.4, -0.2) is 29.0 Å². The molecule has 1 aromatic carbocycles. The molecule has 0 aliphatic carbocycles. The van der Waals surface area contributed by atoms with Gasteiger partial charge in [-0.1, -0.05) is 17.7 Å². The summed E-state index contributed by atoms with van der Waals surface area (Å²) in [6.07, 6.45) is 6.57. The number of carbonyl (C=O) groups is 1. The van der Waals surface area contributed by atoms with Gasteiger partial charge in [0.25, 0.3) is 0 Å². The maximum atomic E-state index is 13.0. The molecule has 1 aliphatic rings. The lowest BCUT2D eigenvalue weighted by atomic mass is 9.96. The number of halogens is 2. The minimum atomic E-state index is -0.383. The quantitative estimate of drug-likeness (QED) is 0.923. The Labute approximate surface area is 144 Å². The lowest BCUT2D eigenvalue weighted by Crippen LogP contribution is -2.40. The molecule has 0 saturated carbocycles. The fourth-order valence-corrected chi connectivity index (χ4v) is 3.05. The second-order valence-electron chi connectivity index (χ2n) is 5.78. The van der Waals surface area contributed by atoms with E-state index in [9.17, 15) is 9.18 Å². The number of piperidine rings is 1. The lowest BCUT2D eigenvalue weighted by molar-refractivity contribution is -0.125. The van der Waals surface area contributed by atoms with Crippen molar-refractivity contribution in [2.75, 3.05) is 18.0 Å². The molecule has 1 amide bonds. The lowest BCUT2D eigenvalue weighted by Gasteiger charge is -2.31. The number of hydrogen-bond acceptors (Lipinski definition) is 4. The first-order valence-electron chi connectivity index (χ1n) is 7.86. The molecule has 0 bridgehead atoms. The second-order valence-corrected chi connectivity index (χ2v) is 6.19. The van der Waals surface area contributed by atoms with E-state index in [1.165, 1.54) is 12.1 Å². The number of nitrogens with one attached hydrogen (secondary N) is 1. The zero-order chi connectivity index (χ0) is 16.9. The van der Waals surface area contributed by atoms with Crippen LogP contribution in [0, 0.1) is 11.7 Å². The third-order valence-electron chi connectivity index (χ3n) is 4.21. The van der Waals surface area contributed by atoms with Crippen LogP contribution in [0.3, 0.4) is 0 Å². The molecule has 2 heterocycles. The molecule has 1 saturated heterocycles. The van der Waals surface area contributed by atoms with Crippen molar-refractivity contribution in [3.63, 3.8) is 0 Å². The van der Waals surface area contributed by atoms with Crippen LogP contribution in [0.25, 0.3) is 0 Å². The van der Waals surface area contributed by atoms with Crippen molar-refractivity contribution in [3.05, 3.63) is 53.2 Å². The number of anilines is 1. The Balaban J connectivity index is 1.50. The van der Waals surface area contributed by atoms with E-state index in [0.29, 0.717) is 17.1 Å². The predicted octanol–water partition coefficient (Wildman–Crippen LogP) is 2.80. The maximum Gasteiger partial charge on any atom is 0.223 e. The summed E-state index contributed by atoms with van der Waals surface area (Å²) in [5, 5.41) is 3.22. The van der Waals surface area contributed by atoms with Crippen molar-refractivity contribution in [2.45, 2.75) is 19.4 Å². The van der Waals surface area contributed by atoms with Crippen molar-refractivity contribution in [2.24, 2.45) is 5.92 Å². The van der Waals surface area contributed by atoms with Crippen LogP contribution in [0.1, 0.15) is 18.4 Å². The topological polar surface area (TPSA) is 58.1 Å². The minimum Gasteiger partial charge on any atom is -0.355 e. The van der Waals surface area contributed by atoms with Gasteiger partial charge in [-0.2, -0.15) is 0 Å². The van der Waals surface area contributed by atoms with Crippen LogP contribution < -0.4 is 10.2 Å². The van der Waals surface area contributed by atoms with Crippen LogP contribution in [0.4, 0.5) is 10.2 Å². The van der Waals surface area contributed by atoms with Crippen LogP contribution in [0.5, 0.6) is 0 Å². The first kappa shape index (κ1) is 16.6. The van der Waals surface area contributed by atoms with Gasteiger partial charge in [0.05, 0.1) is 6.20 Å². The Hall–Kier alpha value is -2.21. The monoisotopic (exact) mass is 348 g/mol. The van der Waals surface area contributed by atoms with E-state index in [1.54, 1.807) is 24.7 Å². The number of rotatable bonds is 4. The van der Waals surface area contributed by atoms with E-state index in [-0.39, 0.29) is 17.6 Å². The molecule has 0 radical (unpaired) electrons. The summed E-state index contributed by atoms with van der Waals surface area (Å²) in [4.78, 5) is 22.8. The number of benzene rings is 1. The first-order chi connectivity index (χ1) is 11.6. The summed E-state index contributed by atoms with van der Waals surface area (Å²) < 4.78 is 13.0. The van der Waals surface area contributed by atoms with E-state index in [4.69, 9.17) is 11.6 Å². The van der Waals surface area contributed by atoms with Gasteiger partial charge in [-0.05, 0) is 30.5 Å². The number of hydrogen-bond donors (Lipinski definition) is 1. The van der Waals surface area contributed by atoms with E-state index in [2.05, 4.69) is 20.2 Å². The fourth-order valence-electron chi connectivity index (χ4n) is 2.82. The number of amides is 1. The maximum absolute atomic E-state index is 13.0. The van der Waals surface area contributed by atoms with Crippen LogP contribution in [0.2, 0.25) is 5.02 Å². The third-order valence-corrected chi connectivity index (χ3v) is 4.56. The van der Waals surface area contributed by atoms with E-state index >= 15 is 0 Å². The molecule has 1 N–H and O–H groups in total. The fraction of sp³-hybridized carbons (Fsp3) is 0.353. The minimum absolute atomic E-state index is 0.00851. The van der Waals surface area contributed by atoms with Crippen LogP contribution >= 0.6 is 11.6 Å². The van der Waals surface area contributed by atoms with Gasteiger partial charge >= 0.3 is 0 Å². The standard InChI is InChI=1S/C17H18ClFN4O/c18-15-9-14(19)2-1-13(15)10-22-17(24)12-3-7-23(8-4-12)16-11-20-5-6-21-16/h1-2,5-6,9,11-12H,3-4,7-8,10H2,(H,22,24). The van der Waals surface area contributed by atoms with Crippen molar-refractivity contribution < 1.29 is 9.18 Å². The SMILES string of the molecule is O=C(NCc1ccc(F)cc1Cl)C1CCN(c2cnccn2)CC1. The number of nitrogens with zero attached hydrogens (tertiary/aromatic N) is 3. The molecular weight excluding hydrogens is 331 g/mol. The molecule has 3 rings (SSSR count). The normalized spacial score (nSPS) is 15.3. The molecule has 24 heavy (non-hydrogen) atoms. The summed E-state index contributed by atoms with van der Waals surface area (Å²) in [5.41, 5.74) is 0.711. The Bertz CT molecular complexity index is 705. The van der Waals surface area contributed by atoms with Crippen molar-refractivity contribution in [1.82, 2.24) is 15.3 Å². The Morgan fingerprint density at radius 3 is 2.79 bits per heavy atom. The largest absolute Gasteiger partial charge is 0.355 e. The molecule has 0 unspecified atom stereocenters. The van der Waals surface area contributed by atoms with Crippen molar-refractivity contribution in [1.29, 1.82) is 0 Å². The summed E-state index contributed by atoms with van der Waals surface area (Å²) in [6.45, 7) is 1.85. The van der Waals surface area contributed by atoms with Gasteiger partial charge in [0.1, 0.15) is 11.6 Å². The summed E-state index contributed by atoms with van der Waals surface area (Å²) in [5.74, 6) is 0.437. The van der Waals surface area contributed by atoms with Gasteiger partial charge < -0.3 is 10.2 Å². The van der Waals surface area contributed by atoms with E-state index in [1.807, 2.05) is 0 Å². The molecule has 0 spiro atoms. The summed E-state index contributed by atoms with van der Waals surface area (Å²) in [7, 11) is 0. The van der Waals surface area contributed by atoms with Gasteiger partial charge in [-0.15, -0.1) is 0 Å². The van der Waals surface area contributed by atoms with E-state index < -0.39 is 0 Å². The molecule has 5 nitrogen and oxygen atoms in total. The second kappa shape index (κ2) is 7.57. The average molecular weight is 349 g/mol. The molecule has 1 fully saturated rings. The van der Waals surface area contributed by atoms with Gasteiger partial charge in [0, 0.05) is 43.0 Å². The predicted molar refractivity (Wildman–Crippen MR) is 90.2 cm³/mol. The number of carbonyl (C=O) groups excluding carboxylic acids is 1. The zero-order valence-electron chi connectivity index (χ0n) is 13.1. The Morgan fingerprint density at radius 2 is 2.12 bits per heavy atom. The van der Waals surface area contributed by atoms with Gasteiger partial charge in [0.15, 0.2) is 0 Å². The zero-order valence-corrected chi connectivity index (χ0v) is 13.8. The molecule has 1 aromatic heterocycles. The van der Waals surface area contributed by atoms with Gasteiger partial charge in [0.2, 0.25) is 5.91 Å². The van der Waals surface area contributed by atoms with Crippen LogP contribution in [0.15, 0.2) is 36.8 Å². The Kier molecular flexibility index (Phi) is 5.25. The highest BCUT2D eigenvalue weighted by molar-refractivity contribution is 6.31. The van der Waals surface area contributed by atoms with Crippen molar-refractivity contribution >= 4 is 23.3 Å². The third kappa shape index (κ3) is 4.00.